The summed E-state index contributed by atoms with van der Waals surface area (Å²) in [6, 6.07) is 14.3. The van der Waals surface area contributed by atoms with Gasteiger partial charge in [-0.1, -0.05) is 42.3 Å². The van der Waals surface area contributed by atoms with Gasteiger partial charge in [-0.25, -0.2) is 0 Å². The lowest BCUT2D eigenvalue weighted by Crippen LogP contribution is -2.28. The highest BCUT2D eigenvalue weighted by atomic mass is 35.5. The summed E-state index contributed by atoms with van der Waals surface area (Å²) in [5.41, 5.74) is 3.71. The van der Waals surface area contributed by atoms with Crippen LogP contribution in [0, 0.1) is 13.8 Å². The molecule has 0 aliphatic carbocycles. The minimum Gasteiger partial charge on any atom is -0.349 e. The monoisotopic (exact) mass is 375 g/mol. The molecule has 0 radical (unpaired) electrons. The fourth-order valence-corrected chi connectivity index (χ4v) is 3.82. The Kier molecular flexibility index (Phi) is 7.86. The first-order valence-corrected chi connectivity index (χ1v) is 10.1. The van der Waals surface area contributed by atoms with Crippen molar-refractivity contribution in [1.29, 1.82) is 0 Å². The first-order valence-electron chi connectivity index (χ1n) is 8.74. The van der Waals surface area contributed by atoms with E-state index in [9.17, 15) is 4.79 Å². The summed E-state index contributed by atoms with van der Waals surface area (Å²) in [5.74, 6) is 1.05. The molecule has 2 rings (SSSR count). The molecular formula is C21H26ClNOS. The number of nitrogens with one attached hydrogen (secondary N) is 1. The van der Waals surface area contributed by atoms with Gasteiger partial charge in [0.1, 0.15) is 0 Å². The third kappa shape index (κ3) is 6.41. The van der Waals surface area contributed by atoms with Crippen LogP contribution in [0.3, 0.4) is 0 Å². The van der Waals surface area contributed by atoms with Gasteiger partial charge in [-0.2, -0.15) is 0 Å². The molecule has 0 aliphatic heterocycles. The maximum Gasteiger partial charge on any atom is 0.220 e. The van der Waals surface area contributed by atoms with Gasteiger partial charge in [0, 0.05) is 16.3 Å². The molecule has 1 N–H and O–H groups in total. The van der Waals surface area contributed by atoms with Gasteiger partial charge in [0.15, 0.2) is 0 Å². The minimum absolute atomic E-state index is 0.0945. The van der Waals surface area contributed by atoms with Crippen LogP contribution in [-0.4, -0.2) is 11.7 Å². The number of carbonyl (C=O) groups is 1. The number of hydrogen-bond acceptors (Lipinski definition) is 2. The molecule has 0 spiro atoms. The highest BCUT2D eigenvalue weighted by molar-refractivity contribution is 7.99. The SMILES string of the molecule is CC[C@H](NC(=O)CCCSc1ccc(Cl)cc1)c1ccc(C)cc1C. The highest BCUT2D eigenvalue weighted by Gasteiger charge is 2.14. The van der Waals surface area contributed by atoms with E-state index in [1.807, 2.05) is 24.3 Å². The molecule has 25 heavy (non-hydrogen) atoms. The predicted octanol–water partition coefficient (Wildman–Crippen LogP) is 6.10. The molecule has 0 saturated heterocycles. The molecule has 0 saturated carbocycles. The van der Waals surface area contributed by atoms with E-state index in [-0.39, 0.29) is 11.9 Å². The van der Waals surface area contributed by atoms with Crippen LogP contribution in [0.4, 0.5) is 0 Å². The zero-order valence-corrected chi connectivity index (χ0v) is 16.7. The van der Waals surface area contributed by atoms with Gasteiger partial charge >= 0.3 is 0 Å². The molecule has 2 aromatic carbocycles. The minimum atomic E-state index is 0.0945. The Morgan fingerprint density at radius 3 is 2.52 bits per heavy atom. The fraction of sp³-hybridized carbons (Fsp3) is 0.381. The second-order valence-corrected chi connectivity index (χ2v) is 7.90. The van der Waals surface area contributed by atoms with Crippen molar-refractivity contribution in [3.8, 4) is 0 Å². The van der Waals surface area contributed by atoms with E-state index in [4.69, 9.17) is 11.6 Å². The average molecular weight is 376 g/mol. The number of thioether (sulfide) groups is 1. The third-order valence-corrected chi connectivity index (χ3v) is 5.53. The van der Waals surface area contributed by atoms with Gasteiger partial charge in [0.2, 0.25) is 5.91 Å². The van der Waals surface area contributed by atoms with Crippen molar-refractivity contribution in [2.75, 3.05) is 5.75 Å². The van der Waals surface area contributed by atoms with Gasteiger partial charge < -0.3 is 5.32 Å². The van der Waals surface area contributed by atoms with Crippen molar-refractivity contribution in [2.24, 2.45) is 0 Å². The van der Waals surface area contributed by atoms with Crippen LogP contribution < -0.4 is 5.32 Å². The maximum atomic E-state index is 12.3. The molecule has 134 valence electrons. The summed E-state index contributed by atoms with van der Waals surface area (Å²) < 4.78 is 0. The van der Waals surface area contributed by atoms with Crippen LogP contribution in [0.2, 0.25) is 5.02 Å². The number of aryl methyl sites for hydroxylation is 2. The van der Waals surface area contributed by atoms with E-state index in [0.29, 0.717) is 6.42 Å². The molecule has 0 bridgehead atoms. The van der Waals surface area contributed by atoms with E-state index in [0.717, 1.165) is 23.6 Å². The van der Waals surface area contributed by atoms with E-state index in [1.54, 1.807) is 11.8 Å². The first-order chi connectivity index (χ1) is 12.0. The Morgan fingerprint density at radius 2 is 1.88 bits per heavy atom. The van der Waals surface area contributed by atoms with Crippen molar-refractivity contribution in [3.05, 3.63) is 64.2 Å². The zero-order chi connectivity index (χ0) is 18.2. The van der Waals surface area contributed by atoms with E-state index in [1.165, 1.54) is 21.6 Å². The van der Waals surface area contributed by atoms with E-state index in [2.05, 4.69) is 44.3 Å². The maximum absolute atomic E-state index is 12.3. The Bertz CT molecular complexity index is 700. The molecule has 1 amide bonds. The number of benzene rings is 2. The van der Waals surface area contributed by atoms with Crippen molar-refractivity contribution in [2.45, 2.75) is 51.0 Å². The van der Waals surface area contributed by atoms with E-state index < -0.39 is 0 Å². The Morgan fingerprint density at radius 1 is 1.16 bits per heavy atom. The Balaban J connectivity index is 1.79. The summed E-state index contributed by atoms with van der Waals surface area (Å²) in [5, 5.41) is 3.93. The molecule has 0 heterocycles. The lowest BCUT2D eigenvalue weighted by Gasteiger charge is -2.20. The van der Waals surface area contributed by atoms with Crippen molar-refractivity contribution in [3.63, 3.8) is 0 Å². The quantitative estimate of drug-likeness (QED) is 0.446. The topological polar surface area (TPSA) is 29.1 Å². The first kappa shape index (κ1) is 19.9. The largest absolute Gasteiger partial charge is 0.349 e. The third-order valence-electron chi connectivity index (χ3n) is 4.17. The molecule has 2 aromatic rings. The van der Waals surface area contributed by atoms with Gasteiger partial charge in [-0.3, -0.25) is 4.79 Å². The molecule has 0 aromatic heterocycles. The van der Waals surface area contributed by atoms with Crippen LogP contribution in [0.5, 0.6) is 0 Å². The fourth-order valence-electron chi connectivity index (χ4n) is 2.84. The van der Waals surface area contributed by atoms with Crippen molar-refractivity contribution < 1.29 is 4.79 Å². The van der Waals surface area contributed by atoms with Crippen molar-refractivity contribution in [1.82, 2.24) is 5.32 Å². The summed E-state index contributed by atoms with van der Waals surface area (Å²) in [6.07, 6.45) is 2.32. The number of carbonyl (C=O) groups excluding carboxylic acids is 1. The molecule has 0 fully saturated rings. The molecule has 0 aliphatic rings. The second-order valence-electron chi connectivity index (χ2n) is 6.29. The Labute approximate surface area is 160 Å². The predicted molar refractivity (Wildman–Crippen MR) is 109 cm³/mol. The number of amides is 1. The van der Waals surface area contributed by atoms with Gasteiger partial charge in [0.25, 0.3) is 0 Å². The van der Waals surface area contributed by atoms with Crippen LogP contribution in [0.25, 0.3) is 0 Å². The summed E-state index contributed by atoms with van der Waals surface area (Å²) in [6.45, 7) is 6.31. The highest BCUT2D eigenvalue weighted by Crippen LogP contribution is 2.23. The zero-order valence-electron chi connectivity index (χ0n) is 15.1. The smallest absolute Gasteiger partial charge is 0.220 e. The molecule has 0 unspecified atom stereocenters. The van der Waals surface area contributed by atoms with Crippen molar-refractivity contribution >= 4 is 29.3 Å². The lowest BCUT2D eigenvalue weighted by molar-refractivity contribution is -0.121. The summed E-state index contributed by atoms with van der Waals surface area (Å²) in [4.78, 5) is 13.5. The van der Waals surface area contributed by atoms with Gasteiger partial charge in [-0.05, 0) is 67.8 Å². The van der Waals surface area contributed by atoms with Gasteiger partial charge in [0.05, 0.1) is 6.04 Å². The normalized spacial score (nSPS) is 12.0. The molecular weight excluding hydrogens is 350 g/mol. The summed E-state index contributed by atoms with van der Waals surface area (Å²) >= 11 is 7.64. The lowest BCUT2D eigenvalue weighted by atomic mass is 9.97. The van der Waals surface area contributed by atoms with Crippen LogP contribution in [0.1, 0.15) is 48.9 Å². The Hall–Kier alpha value is -1.45. The average Bonchev–Trinajstić information content (AvgIpc) is 2.58. The van der Waals surface area contributed by atoms with E-state index >= 15 is 0 Å². The van der Waals surface area contributed by atoms with Crippen LogP contribution >= 0.6 is 23.4 Å². The number of rotatable bonds is 8. The number of hydrogen-bond donors (Lipinski definition) is 1. The van der Waals surface area contributed by atoms with Crippen LogP contribution in [0.15, 0.2) is 47.4 Å². The number of halogens is 1. The second kappa shape index (κ2) is 9.88. The van der Waals surface area contributed by atoms with Crippen LogP contribution in [-0.2, 0) is 4.79 Å². The molecule has 2 nitrogen and oxygen atoms in total. The van der Waals surface area contributed by atoms with Gasteiger partial charge in [-0.15, -0.1) is 11.8 Å². The molecule has 1 atom stereocenters. The molecule has 4 heteroatoms. The standard InChI is InChI=1S/C21H26ClNOS/c1-4-20(19-12-7-15(2)14-16(19)3)23-21(24)6-5-13-25-18-10-8-17(22)9-11-18/h7-12,14,20H,4-6,13H2,1-3H3,(H,23,24)/t20-/m0/s1. The summed E-state index contributed by atoms with van der Waals surface area (Å²) in [7, 11) is 0.